The normalized spacial score (nSPS) is 15.4. The van der Waals surface area contributed by atoms with E-state index in [1.807, 2.05) is 61.7 Å². The van der Waals surface area contributed by atoms with Gasteiger partial charge in [-0.25, -0.2) is 9.79 Å². The number of benzene rings is 2. The lowest BCUT2D eigenvalue weighted by Gasteiger charge is -2.24. The summed E-state index contributed by atoms with van der Waals surface area (Å²) < 4.78 is 13.5. The maximum atomic E-state index is 13.9. The fraction of sp³-hybridized carbons (Fsp3) is 0.207. The van der Waals surface area contributed by atoms with Gasteiger partial charge >= 0.3 is 5.97 Å². The maximum Gasteiger partial charge on any atom is 0.338 e. The van der Waals surface area contributed by atoms with Crippen molar-refractivity contribution in [1.29, 1.82) is 0 Å². The van der Waals surface area contributed by atoms with Crippen molar-refractivity contribution >= 4 is 52.0 Å². The first-order chi connectivity index (χ1) is 18.4. The number of hydrogen-bond donors (Lipinski definition) is 0. The summed E-state index contributed by atoms with van der Waals surface area (Å²) >= 11 is 9.03. The molecule has 0 N–H and O–H groups in total. The van der Waals surface area contributed by atoms with Crippen molar-refractivity contribution < 1.29 is 14.3 Å². The number of hydrogen-bond acceptors (Lipinski definition) is 7. The van der Waals surface area contributed by atoms with Crippen LogP contribution < -0.4 is 19.6 Å². The van der Waals surface area contributed by atoms with Gasteiger partial charge in [0.1, 0.15) is 11.8 Å². The van der Waals surface area contributed by atoms with Gasteiger partial charge in [-0.15, -0.1) is 11.3 Å². The second-order valence-electron chi connectivity index (χ2n) is 8.80. The van der Waals surface area contributed by atoms with Crippen molar-refractivity contribution in [1.82, 2.24) is 4.57 Å². The highest BCUT2D eigenvalue weighted by molar-refractivity contribution is 7.10. The molecule has 0 fully saturated rings. The standard InChI is InChI=1S/C29H25ClN2O4S2/c1-4-35-28(34)24-25(18-9-6-5-7-10-18)31-29-32(26(24)22-11-8-14-37-22)27(33)23(38-29)16-19-15-20(30)12-13-21(19)36-17(2)3/h5-17,26H,4H2,1-3H3/b23-16-/t26-/m0/s1. The molecular weight excluding hydrogens is 540 g/mol. The maximum absolute atomic E-state index is 13.9. The Balaban J connectivity index is 1.79. The van der Waals surface area contributed by atoms with Crippen LogP contribution >= 0.6 is 34.3 Å². The number of ether oxygens (including phenoxy) is 2. The fourth-order valence-corrected chi connectivity index (χ4v) is 6.29. The Kier molecular flexibility index (Phi) is 7.65. The number of thiophene rings is 1. The Bertz CT molecular complexity index is 1690. The first-order valence-electron chi connectivity index (χ1n) is 12.2. The Labute approximate surface area is 232 Å². The van der Waals surface area contributed by atoms with Crippen molar-refractivity contribution in [2.45, 2.75) is 32.9 Å². The lowest BCUT2D eigenvalue weighted by Crippen LogP contribution is -2.39. The summed E-state index contributed by atoms with van der Waals surface area (Å²) in [5.74, 6) is 0.132. The van der Waals surface area contributed by atoms with E-state index in [-0.39, 0.29) is 18.3 Å². The van der Waals surface area contributed by atoms with Crippen molar-refractivity contribution in [3.8, 4) is 5.75 Å². The average molecular weight is 565 g/mol. The van der Waals surface area contributed by atoms with Crippen LogP contribution in [0.4, 0.5) is 0 Å². The van der Waals surface area contributed by atoms with Gasteiger partial charge < -0.3 is 9.47 Å². The van der Waals surface area contributed by atoms with Crippen LogP contribution in [0, 0.1) is 0 Å². The van der Waals surface area contributed by atoms with Crippen LogP contribution in [-0.4, -0.2) is 23.2 Å². The zero-order valence-corrected chi connectivity index (χ0v) is 23.4. The molecule has 0 amide bonds. The molecule has 9 heteroatoms. The molecule has 0 aliphatic carbocycles. The summed E-state index contributed by atoms with van der Waals surface area (Å²) in [6.07, 6.45) is 1.72. The highest BCUT2D eigenvalue weighted by atomic mass is 35.5. The number of esters is 1. The predicted octanol–water partition coefficient (Wildman–Crippen LogP) is 5.44. The third-order valence-corrected chi connectivity index (χ3v) is 7.95. The number of halogens is 1. The van der Waals surface area contributed by atoms with Crippen LogP contribution in [-0.2, 0) is 9.53 Å². The van der Waals surface area contributed by atoms with E-state index in [0.29, 0.717) is 36.9 Å². The molecule has 6 nitrogen and oxygen atoms in total. The quantitative estimate of drug-likeness (QED) is 0.280. The van der Waals surface area contributed by atoms with Crippen LogP contribution in [0.3, 0.4) is 0 Å². The molecule has 2 aromatic heterocycles. The number of nitrogens with zero attached hydrogens (tertiary/aromatic N) is 2. The van der Waals surface area contributed by atoms with Crippen molar-refractivity contribution in [3.63, 3.8) is 0 Å². The number of aromatic nitrogens is 1. The first kappa shape index (κ1) is 26.2. The molecule has 0 radical (unpaired) electrons. The van der Waals surface area contributed by atoms with E-state index in [1.54, 1.807) is 35.8 Å². The zero-order chi connectivity index (χ0) is 26.8. The second-order valence-corrected chi connectivity index (χ2v) is 11.2. The minimum Gasteiger partial charge on any atom is -0.490 e. The summed E-state index contributed by atoms with van der Waals surface area (Å²) in [6, 6.07) is 18.0. The summed E-state index contributed by atoms with van der Waals surface area (Å²) in [6.45, 7) is 5.85. The molecule has 0 saturated carbocycles. The SMILES string of the molecule is CCOC(=O)C1=C(c2ccccc2)N=c2s/c(=C\c3cc(Cl)ccc3OC(C)C)c(=O)n2[C@H]1c1cccs1. The molecule has 194 valence electrons. The number of carbonyl (C=O) groups is 1. The van der Waals surface area contributed by atoms with Crippen LogP contribution in [0.25, 0.3) is 11.8 Å². The highest BCUT2D eigenvalue weighted by Crippen LogP contribution is 2.37. The second kappa shape index (κ2) is 11.1. The molecule has 3 heterocycles. The molecule has 0 bridgehead atoms. The van der Waals surface area contributed by atoms with Crippen molar-refractivity contribution in [3.05, 3.63) is 112 Å². The molecule has 38 heavy (non-hydrogen) atoms. The van der Waals surface area contributed by atoms with Gasteiger partial charge in [-0.2, -0.15) is 0 Å². The molecule has 0 unspecified atom stereocenters. The van der Waals surface area contributed by atoms with E-state index >= 15 is 0 Å². The minimum atomic E-state index is -0.673. The summed E-state index contributed by atoms with van der Waals surface area (Å²) in [5, 5.41) is 2.46. The van der Waals surface area contributed by atoms with E-state index in [4.69, 9.17) is 26.1 Å². The number of rotatable bonds is 7. The molecule has 4 aromatic rings. The topological polar surface area (TPSA) is 69.9 Å². The van der Waals surface area contributed by atoms with Gasteiger partial charge in [0, 0.05) is 21.0 Å². The van der Waals surface area contributed by atoms with E-state index < -0.39 is 12.0 Å². The van der Waals surface area contributed by atoms with Crippen LogP contribution in [0.15, 0.2) is 81.4 Å². The third-order valence-electron chi connectivity index (χ3n) is 5.81. The van der Waals surface area contributed by atoms with Crippen LogP contribution in [0.1, 0.15) is 42.8 Å². The molecule has 2 aromatic carbocycles. The summed E-state index contributed by atoms with van der Waals surface area (Å²) in [4.78, 5) is 33.6. The van der Waals surface area contributed by atoms with Gasteiger partial charge in [0.05, 0.1) is 28.5 Å². The monoisotopic (exact) mass is 564 g/mol. The summed E-state index contributed by atoms with van der Waals surface area (Å²) in [5.41, 5.74) is 2.05. The zero-order valence-electron chi connectivity index (χ0n) is 21.0. The van der Waals surface area contributed by atoms with Gasteiger partial charge in [-0.3, -0.25) is 9.36 Å². The molecule has 0 spiro atoms. The van der Waals surface area contributed by atoms with Crippen molar-refractivity contribution in [2.75, 3.05) is 6.61 Å². The van der Waals surface area contributed by atoms with Gasteiger partial charge in [0.2, 0.25) is 0 Å². The van der Waals surface area contributed by atoms with E-state index in [1.165, 1.54) is 22.7 Å². The van der Waals surface area contributed by atoms with Gasteiger partial charge in [-0.05, 0) is 56.5 Å². The molecular formula is C29H25ClN2O4S2. The average Bonchev–Trinajstić information content (AvgIpc) is 3.54. The minimum absolute atomic E-state index is 0.0519. The molecule has 1 aliphatic rings. The molecule has 1 aliphatic heterocycles. The number of carbonyl (C=O) groups excluding carboxylic acids is 1. The van der Waals surface area contributed by atoms with Gasteiger partial charge in [-0.1, -0.05) is 59.3 Å². The van der Waals surface area contributed by atoms with Crippen LogP contribution in [0.2, 0.25) is 5.02 Å². The smallest absolute Gasteiger partial charge is 0.338 e. The van der Waals surface area contributed by atoms with Gasteiger partial charge in [0.15, 0.2) is 4.80 Å². The third kappa shape index (κ3) is 5.12. The van der Waals surface area contributed by atoms with Crippen LogP contribution in [0.5, 0.6) is 5.75 Å². The Hall–Kier alpha value is -3.46. The molecule has 1 atom stereocenters. The lowest BCUT2D eigenvalue weighted by atomic mass is 9.97. The highest BCUT2D eigenvalue weighted by Gasteiger charge is 2.35. The Morgan fingerprint density at radius 3 is 2.63 bits per heavy atom. The van der Waals surface area contributed by atoms with Crippen molar-refractivity contribution in [2.24, 2.45) is 4.99 Å². The van der Waals surface area contributed by atoms with E-state index in [0.717, 1.165) is 10.4 Å². The molecule has 0 saturated heterocycles. The number of fused-ring (bicyclic) bond motifs is 1. The number of thiazole rings is 1. The summed E-state index contributed by atoms with van der Waals surface area (Å²) in [7, 11) is 0. The largest absolute Gasteiger partial charge is 0.490 e. The fourth-order valence-electron chi connectivity index (χ4n) is 4.29. The van der Waals surface area contributed by atoms with E-state index in [9.17, 15) is 9.59 Å². The Morgan fingerprint density at radius 1 is 1.16 bits per heavy atom. The van der Waals surface area contributed by atoms with E-state index in [2.05, 4.69) is 0 Å². The first-order valence-corrected chi connectivity index (χ1v) is 14.2. The lowest BCUT2D eigenvalue weighted by molar-refractivity contribution is -0.138. The predicted molar refractivity (Wildman–Crippen MR) is 153 cm³/mol. The Morgan fingerprint density at radius 2 is 1.95 bits per heavy atom. The van der Waals surface area contributed by atoms with Gasteiger partial charge in [0.25, 0.3) is 5.56 Å². The molecule has 5 rings (SSSR count).